The molecule has 2 fully saturated rings. The summed E-state index contributed by atoms with van der Waals surface area (Å²) in [5, 5.41) is 2.58. The van der Waals surface area contributed by atoms with Crippen molar-refractivity contribution in [2.45, 2.75) is 142 Å². The van der Waals surface area contributed by atoms with E-state index >= 15 is 0 Å². The van der Waals surface area contributed by atoms with Crippen molar-refractivity contribution in [1.29, 1.82) is 0 Å². The van der Waals surface area contributed by atoms with Gasteiger partial charge in [-0.3, -0.25) is 29.3 Å². The van der Waals surface area contributed by atoms with E-state index in [1.165, 1.54) is 13.3 Å². The van der Waals surface area contributed by atoms with Crippen LogP contribution in [0.2, 0.25) is 18.1 Å². The Bertz CT molecular complexity index is 1460. The highest BCUT2D eigenvalue weighted by atomic mass is 28.4. The molecule has 1 saturated heterocycles. The van der Waals surface area contributed by atoms with Crippen LogP contribution in [0.5, 0.6) is 0 Å². The van der Waals surface area contributed by atoms with E-state index in [0.717, 1.165) is 38.5 Å². The summed E-state index contributed by atoms with van der Waals surface area (Å²) in [6.45, 7) is 21.1. The van der Waals surface area contributed by atoms with Crippen LogP contribution in [0.4, 0.5) is 5.95 Å². The van der Waals surface area contributed by atoms with Crippen molar-refractivity contribution in [3.8, 4) is 0 Å². The lowest BCUT2D eigenvalue weighted by molar-refractivity contribution is -0.206. The van der Waals surface area contributed by atoms with Crippen LogP contribution in [-0.2, 0) is 33.0 Å². The summed E-state index contributed by atoms with van der Waals surface area (Å²) in [4.78, 5) is 49.9. The highest BCUT2D eigenvalue weighted by Crippen LogP contribution is 2.60. The molecular formula is C33H55N5O8Si. The molecular weight excluding hydrogens is 622 g/mol. The van der Waals surface area contributed by atoms with Crippen LogP contribution in [0.1, 0.15) is 100 Å². The summed E-state index contributed by atoms with van der Waals surface area (Å²) in [5.41, 5.74) is -2.23. The minimum absolute atomic E-state index is 0.0187. The molecule has 13 nitrogen and oxygen atoms in total. The number of rotatable bonds is 16. The predicted octanol–water partition coefficient (Wildman–Crippen LogP) is 5.47. The molecule has 0 bridgehead atoms. The summed E-state index contributed by atoms with van der Waals surface area (Å²) in [5.74, 6) is -1.17. The normalized spacial score (nSPS) is 24.2. The summed E-state index contributed by atoms with van der Waals surface area (Å²) in [6, 6.07) is 0. The lowest BCUT2D eigenvalue weighted by Crippen LogP contribution is -2.63. The number of carbonyl (C=O) groups is 2. The van der Waals surface area contributed by atoms with Crippen molar-refractivity contribution in [2.75, 3.05) is 25.1 Å². The third kappa shape index (κ3) is 7.66. The van der Waals surface area contributed by atoms with Gasteiger partial charge in [0, 0.05) is 26.1 Å². The van der Waals surface area contributed by atoms with Gasteiger partial charge in [-0.2, -0.15) is 4.98 Å². The summed E-state index contributed by atoms with van der Waals surface area (Å²) < 4.78 is 35.2. The Labute approximate surface area is 279 Å². The molecule has 1 amide bonds. The number of imidazole rings is 1. The number of aromatic nitrogens is 4. The zero-order chi connectivity index (χ0) is 34.8. The third-order valence-corrected chi connectivity index (χ3v) is 14.1. The van der Waals surface area contributed by atoms with E-state index in [1.807, 2.05) is 0 Å². The number of anilines is 1. The van der Waals surface area contributed by atoms with Gasteiger partial charge in [0.1, 0.15) is 6.10 Å². The average Bonchev–Trinajstić information content (AvgIpc) is 3.52. The smallest absolute Gasteiger partial charge is 0.303 e. The number of fused-ring (bicyclic) bond motifs is 1. The van der Waals surface area contributed by atoms with Gasteiger partial charge in [-0.25, -0.2) is 4.98 Å². The van der Waals surface area contributed by atoms with Crippen molar-refractivity contribution < 1.29 is 33.0 Å². The Morgan fingerprint density at radius 2 is 1.83 bits per heavy atom. The first kappa shape index (κ1) is 37.2. The Kier molecular flexibility index (Phi) is 11.4. The second kappa shape index (κ2) is 14.4. The van der Waals surface area contributed by atoms with Gasteiger partial charge in [0.2, 0.25) is 11.9 Å². The zero-order valence-electron chi connectivity index (χ0n) is 29.9. The van der Waals surface area contributed by atoms with E-state index in [1.54, 1.807) is 18.4 Å². The molecule has 4 atom stereocenters. The minimum atomic E-state index is -2.36. The van der Waals surface area contributed by atoms with E-state index < -0.39 is 49.5 Å². The maximum absolute atomic E-state index is 13.1. The van der Waals surface area contributed by atoms with Crippen molar-refractivity contribution in [2.24, 2.45) is 5.92 Å². The van der Waals surface area contributed by atoms with Gasteiger partial charge in [0.15, 0.2) is 37.4 Å². The maximum Gasteiger partial charge on any atom is 0.303 e. The number of amides is 1. The molecule has 14 heteroatoms. The van der Waals surface area contributed by atoms with Crippen LogP contribution in [0, 0.1) is 5.92 Å². The molecule has 0 radical (unpaired) electrons. The molecule has 47 heavy (non-hydrogen) atoms. The van der Waals surface area contributed by atoms with Gasteiger partial charge in [-0.1, -0.05) is 61.3 Å². The first-order valence-electron chi connectivity index (χ1n) is 17.0. The van der Waals surface area contributed by atoms with E-state index in [2.05, 4.69) is 68.0 Å². The summed E-state index contributed by atoms with van der Waals surface area (Å²) >= 11 is 0. The van der Waals surface area contributed by atoms with Gasteiger partial charge >= 0.3 is 5.97 Å². The number of nitrogens with zero attached hydrogens (tertiary/aromatic N) is 3. The van der Waals surface area contributed by atoms with Crippen molar-refractivity contribution in [3.05, 3.63) is 16.7 Å². The fourth-order valence-electron chi connectivity index (χ4n) is 5.76. The summed E-state index contributed by atoms with van der Waals surface area (Å²) in [7, 11) is -2.36. The second-order valence-electron chi connectivity index (χ2n) is 14.8. The first-order valence-corrected chi connectivity index (χ1v) is 20.0. The molecule has 2 aliphatic rings. The van der Waals surface area contributed by atoms with Crippen LogP contribution in [0.3, 0.4) is 0 Å². The molecule has 264 valence electrons. The number of unbranched alkanes of at least 4 members (excludes halogenated alkanes) is 2. The number of esters is 1. The monoisotopic (exact) mass is 677 g/mol. The number of hydrogen-bond donors (Lipinski definition) is 2. The molecule has 1 aliphatic carbocycles. The average molecular weight is 678 g/mol. The van der Waals surface area contributed by atoms with Gasteiger partial charge < -0.3 is 23.4 Å². The van der Waals surface area contributed by atoms with Gasteiger partial charge in [0.05, 0.1) is 18.5 Å². The standard InChI is InChI=1S/C33H55N5O8Si/c1-11-13-17-42-19-33(32(15-16-32)46-47(9,10)31(6,7)8)25(43-18-14-12-2)24(44-22(5)39)29(45-33)38-20-34-23-26(38)35-30(37-28(23)41)36-27(40)21(3)4/h20-21,24-25,29H,11-19H2,1-10H3,(H2,35,36,37,40,41)/t24-,25?,29+,33+/m0/s1. The second-order valence-corrected chi connectivity index (χ2v) is 19.5. The van der Waals surface area contributed by atoms with E-state index in [9.17, 15) is 14.4 Å². The molecule has 2 aromatic rings. The Morgan fingerprint density at radius 1 is 1.17 bits per heavy atom. The molecule has 2 aromatic heterocycles. The lowest BCUT2D eigenvalue weighted by Gasteiger charge is -2.47. The van der Waals surface area contributed by atoms with Crippen LogP contribution in [0.25, 0.3) is 11.2 Å². The zero-order valence-corrected chi connectivity index (χ0v) is 30.9. The SMILES string of the molecule is CCCCOC[C@@]1(C2(O[Si](C)(C)C(C)(C)C)CC2)O[C@@H](n2cnc3c(=O)[nH]c(NC(=O)C(C)C)nc32)[C@@H](OC(C)=O)C1OCCCC. The Hall–Kier alpha value is -2.65. The van der Waals surface area contributed by atoms with Crippen molar-refractivity contribution in [3.63, 3.8) is 0 Å². The number of carbonyl (C=O) groups excluding carboxylic acids is 2. The number of H-pyrrole nitrogens is 1. The molecule has 0 aromatic carbocycles. The van der Waals surface area contributed by atoms with Crippen LogP contribution in [-0.4, -0.2) is 82.9 Å². The van der Waals surface area contributed by atoms with Gasteiger partial charge in [0.25, 0.3) is 5.56 Å². The van der Waals surface area contributed by atoms with E-state index in [4.69, 9.17) is 23.4 Å². The number of hydrogen-bond acceptors (Lipinski definition) is 10. The third-order valence-electron chi connectivity index (χ3n) is 9.63. The molecule has 1 unspecified atom stereocenters. The molecule has 1 aliphatic heterocycles. The predicted molar refractivity (Wildman–Crippen MR) is 181 cm³/mol. The van der Waals surface area contributed by atoms with Gasteiger partial charge in [-0.05, 0) is 43.8 Å². The fraction of sp³-hybridized carbons (Fsp3) is 0.788. The van der Waals surface area contributed by atoms with E-state index in [0.29, 0.717) is 13.2 Å². The van der Waals surface area contributed by atoms with Gasteiger partial charge in [-0.15, -0.1) is 0 Å². The minimum Gasteiger partial charge on any atom is -0.455 e. The van der Waals surface area contributed by atoms with Crippen LogP contribution >= 0.6 is 0 Å². The number of ether oxygens (including phenoxy) is 4. The van der Waals surface area contributed by atoms with Crippen LogP contribution in [0.15, 0.2) is 11.1 Å². The fourth-order valence-corrected chi connectivity index (χ4v) is 7.42. The summed E-state index contributed by atoms with van der Waals surface area (Å²) in [6.07, 6.45) is 3.71. The Balaban J connectivity index is 1.90. The lowest BCUT2D eigenvalue weighted by atomic mass is 9.87. The van der Waals surface area contributed by atoms with Crippen molar-refractivity contribution >= 4 is 37.3 Å². The highest BCUT2D eigenvalue weighted by Gasteiger charge is 2.74. The topological polar surface area (TPSA) is 156 Å². The number of nitrogens with one attached hydrogen (secondary N) is 2. The first-order chi connectivity index (χ1) is 22.0. The molecule has 3 heterocycles. The maximum atomic E-state index is 13.1. The van der Waals surface area contributed by atoms with Crippen LogP contribution < -0.4 is 10.9 Å². The molecule has 0 spiro atoms. The molecule has 2 N–H and O–H groups in total. The van der Waals surface area contributed by atoms with E-state index in [-0.39, 0.29) is 40.6 Å². The largest absolute Gasteiger partial charge is 0.455 e. The van der Waals surface area contributed by atoms with Crippen molar-refractivity contribution in [1.82, 2.24) is 19.5 Å². The molecule has 1 saturated carbocycles. The Morgan fingerprint density at radius 3 is 2.40 bits per heavy atom. The molecule has 4 rings (SSSR count). The quantitative estimate of drug-likeness (QED) is 0.133. The number of aromatic amines is 1. The highest BCUT2D eigenvalue weighted by molar-refractivity contribution is 6.74.